The van der Waals surface area contributed by atoms with Gasteiger partial charge in [-0.25, -0.2) is 0 Å². The number of ether oxygens (including phenoxy) is 2. The summed E-state index contributed by atoms with van der Waals surface area (Å²) in [5, 5.41) is 12.0. The number of carbonyl (C=O) groups is 1. The van der Waals surface area contributed by atoms with E-state index in [9.17, 15) is 4.79 Å². The molecule has 0 fully saturated rings. The van der Waals surface area contributed by atoms with Crippen molar-refractivity contribution in [2.45, 2.75) is 39.3 Å². The Morgan fingerprint density at radius 3 is 2.54 bits per heavy atom. The zero-order chi connectivity index (χ0) is 19.8. The van der Waals surface area contributed by atoms with Gasteiger partial charge in [0.05, 0.1) is 13.2 Å². The van der Waals surface area contributed by atoms with Gasteiger partial charge in [-0.05, 0) is 35.1 Å². The van der Waals surface area contributed by atoms with E-state index in [1.807, 2.05) is 67.6 Å². The molecule has 1 amide bonds. The van der Waals surface area contributed by atoms with E-state index in [1.165, 1.54) is 5.56 Å². The zero-order valence-electron chi connectivity index (χ0n) is 16.1. The molecule has 0 unspecified atom stereocenters. The second-order valence-electron chi connectivity index (χ2n) is 7.07. The third-order valence-corrected chi connectivity index (χ3v) is 4.67. The van der Waals surface area contributed by atoms with Crippen LogP contribution in [-0.2, 0) is 33.9 Å². The SMILES string of the molecule is C[C@H]1C=C(C(=O)NCCc2ccccc2)O[C@@H](OCc2ccc(CO)cc2)C1. The summed E-state index contributed by atoms with van der Waals surface area (Å²) in [7, 11) is 0. The van der Waals surface area contributed by atoms with Crippen LogP contribution in [0.15, 0.2) is 66.4 Å². The van der Waals surface area contributed by atoms with Gasteiger partial charge in [0.2, 0.25) is 6.29 Å². The average molecular weight is 381 g/mol. The van der Waals surface area contributed by atoms with Crippen molar-refractivity contribution in [3.8, 4) is 0 Å². The van der Waals surface area contributed by atoms with E-state index in [0.29, 0.717) is 25.3 Å². The number of aliphatic hydroxyl groups is 1. The molecule has 0 bridgehead atoms. The van der Waals surface area contributed by atoms with Gasteiger partial charge >= 0.3 is 0 Å². The Bertz CT molecular complexity index is 786. The molecule has 5 nitrogen and oxygen atoms in total. The summed E-state index contributed by atoms with van der Waals surface area (Å²) in [6.07, 6.45) is 2.88. The minimum Gasteiger partial charge on any atom is -0.459 e. The maximum Gasteiger partial charge on any atom is 0.286 e. The Morgan fingerprint density at radius 2 is 1.82 bits per heavy atom. The van der Waals surface area contributed by atoms with E-state index < -0.39 is 6.29 Å². The Labute approximate surface area is 166 Å². The van der Waals surface area contributed by atoms with Crippen molar-refractivity contribution in [3.63, 3.8) is 0 Å². The van der Waals surface area contributed by atoms with Gasteiger partial charge in [-0.1, -0.05) is 61.5 Å². The standard InChI is InChI=1S/C23H27NO4/c1-17-13-21(23(26)24-12-11-18-5-3-2-4-6-18)28-22(14-17)27-16-20-9-7-19(15-25)8-10-20/h2-10,13,17,22,25H,11-12,14-16H2,1H3,(H,24,26)/t17-,22+/m0/s1. The second kappa shape index (κ2) is 10.1. The van der Waals surface area contributed by atoms with Gasteiger partial charge in [0.25, 0.3) is 5.91 Å². The molecule has 0 saturated heterocycles. The number of aliphatic hydroxyl groups excluding tert-OH is 1. The molecule has 2 atom stereocenters. The molecule has 2 aromatic carbocycles. The maximum atomic E-state index is 12.4. The summed E-state index contributed by atoms with van der Waals surface area (Å²) in [5.41, 5.74) is 3.05. The highest BCUT2D eigenvalue weighted by Crippen LogP contribution is 2.24. The maximum absolute atomic E-state index is 12.4. The van der Waals surface area contributed by atoms with E-state index in [4.69, 9.17) is 14.6 Å². The van der Waals surface area contributed by atoms with Crippen molar-refractivity contribution in [2.24, 2.45) is 5.92 Å². The van der Waals surface area contributed by atoms with Gasteiger partial charge in [-0.15, -0.1) is 0 Å². The fourth-order valence-corrected chi connectivity index (χ4v) is 3.07. The van der Waals surface area contributed by atoms with Crippen LogP contribution in [0.4, 0.5) is 0 Å². The lowest BCUT2D eigenvalue weighted by molar-refractivity contribution is -0.152. The van der Waals surface area contributed by atoms with Crippen molar-refractivity contribution in [3.05, 3.63) is 83.1 Å². The molecule has 3 rings (SSSR count). The first-order chi connectivity index (χ1) is 13.6. The van der Waals surface area contributed by atoms with Crippen molar-refractivity contribution >= 4 is 5.91 Å². The molecule has 0 aromatic heterocycles. The molecule has 5 heteroatoms. The summed E-state index contributed by atoms with van der Waals surface area (Å²) in [5.74, 6) is 0.321. The smallest absolute Gasteiger partial charge is 0.286 e. The van der Waals surface area contributed by atoms with Crippen molar-refractivity contribution in [1.29, 1.82) is 0 Å². The molecule has 28 heavy (non-hydrogen) atoms. The third-order valence-electron chi connectivity index (χ3n) is 4.67. The van der Waals surface area contributed by atoms with Gasteiger partial charge in [0.1, 0.15) is 0 Å². The highest BCUT2D eigenvalue weighted by molar-refractivity contribution is 5.91. The summed E-state index contributed by atoms with van der Waals surface area (Å²) in [4.78, 5) is 12.4. The van der Waals surface area contributed by atoms with Gasteiger partial charge in [-0.2, -0.15) is 0 Å². The number of rotatable bonds is 8. The molecular weight excluding hydrogens is 354 g/mol. The topological polar surface area (TPSA) is 67.8 Å². The zero-order valence-corrected chi connectivity index (χ0v) is 16.1. The number of carbonyl (C=O) groups excluding carboxylic acids is 1. The number of allylic oxidation sites excluding steroid dienone is 1. The van der Waals surface area contributed by atoms with E-state index >= 15 is 0 Å². The summed E-state index contributed by atoms with van der Waals surface area (Å²) in [6.45, 7) is 3.02. The molecule has 1 aliphatic rings. The van der Waals surface area contributed by atoms with Crippen LogP contribution in [0.5, 0.6) is 0 Å². The number of hydrogen-bond donors (Lipinski definition) is 2. The lowest BCUT2D eigenvalue weighted by Crippen LogP contribution is -2.33. The largest absolute Gasteiger partial charge is 0.459 e. The van der Waals surface area contributed by atoms with Crippen LogP contribution >= 0.6 is 0 Å². The van der Waals surface area contributed by atoms with E-state index in [1.54, 1.807) is 0 Å². The highest BCUT2D eigenvalue weighted by atomic mass is 16.7. The minimum atomic E-state index is -0.451. The number of benzene rings is 2. The van der Waals surface area contributed by atoms with Crippen LogP contribution in [0.25, 0.3) is 0 Å². The first-order valence-corrected chi connectivity index (χ1v) is 9.65. The van der Waals surface area contributed by atoms with E-state index in [-0.39, 0.29) is 18.4 Å². The molecule has 1 aliphatic heterocycles. The van der Waals surface area contributed by atoms with Crippen LogP contribution in [0.2, 0.25) is 0 Å². The van der Waals surface area contributed by atoms with Gasteiger partial charge in [-0.3, -0.25) is 4.79 Å². The van der Waals surface area contributed by atoms with E-state index in [2.05, 4.69) is 5.32 Å². The molecule has 0 radical (unpaired) electrons. The van der Waals surface area contributed by atoms with E-state index in [0.717, 1.165) is 17.5 Å². The van der Waals surface area contributed by atoms with Gasteiger partial charge in [0.15, 0.2) is 5.76 Å². The average Bonchev–Trinajstić information content (AvgIpc) is 2.73. The fourth-order valence-electron chi connectivity index (χ4n) is 3.07. The molecule has 1 heterocycles. The Morgan fingerprint density at radius 1 is 1.11 bits per heavy atom. The van der Waals surface area contributed by atoms with Crippen LogP contribution in [0.3, 0.4) is 0 Å². The molecule has 2 aromatic rings. The lowest BCUT2D eigenvalue weighted by atomic mass is 10.0. The fraction of sp³-hybridized carbons (Fsp3) is 0.348. The highest BCUT2D eigenvalue weighted by Gasteiger charge is 2.25. The molecule has 0 saturated carbocycles. The molecular formula is C23H27NO4. The normalized spacial score (nSPS) is 18.9. The minimum absolute atomic E-state index is 0.0257. The Hall–Kier alpha value is -2.63. The monoisotopic (exact) mass is 381 g/mol. The van der Waals surface area contributed by atoms with Crippen LogP contribution in [0, 0.1) is 5.92 Å². The first-order valence-electron chi connectivity index (χ1n) is 9.65. The third kappa shape index (κ3) is 5.94. The lowest BCUT2D eigenvalue weighted by Gasteiger charge is -2.27. The van der Waals surface area contributed by atoms with Gasteiger partial charge < -0.3 is 19.9 Å². The van der Waals surface area contributed by atoms with Crippen molar-refractivity contribution < 1.29 is 19.4 Å². The molecule has 0 spiro atoms. The van der Waals surface area contributed by atoms with Crippen molar-refractivity contribution in [2.75, 3.05) is 6.54 Å². The number of hydrogen-bond acceptors (Lipinski definition) is 4. The Balaban J connectivity index is 1.47. The van der Waals surface area contributed by atoms with Crippen LogP contribution in [0.1, 0.15) is 30.0 Å². The summed E-state index contributed by atoms with van der Waals surface area (Å²) >= 11 is 0. The Kier molecular flexibility index (Phi) is 7.23. The molecule has 148 valence electrons. The number of amides is 1. The molecule has 0 aliphatic carbocycles. The predicted octanol–water partition coefficient (Wildman–Crippen LogP) is 3.32. The van der Waals surface area contributed by atoms with Crippen LogP contribution in [-0.4, -0.2) is 23.8 Å². The quantitative estimate of drug-likeness (QED) is 0.736. The summed E-state index contributed by atoms with van der Waals surface area (Å²) < 4.78 is 11.6. The van der Waals surface area contributed by atoms with Gasteiger partial charge in [0, 0.05) is 13.0 Å². The van der Waals surface area contributed by atoms with Crippen molar-refractivity contribution in [1.82, 2.24) is 5.32 Å². The summed E-state index contributed by atoms with van der Waals surface area (Å²) in [6, 6.07) is 17.6. The number of nitrogens with one attached hydrogen (secondary N) is 1. The first kappa shape index (κ1) is 20.1. The second-order valence-corrected chi connectivity index (χ2v) is 7.07. The van der Waals surface area contributed by atoms with Crippen LogP contribution < -0.4 is 5.32 Å². The molecule has 2 N–H and O–H groups in total. The predicted molar refractivity (Wildman–Crippen MR) is 107 cm³/mol.